The molecule has 0 saturated carbocycles. The zero-order valence-corrected chi connectivity index (χ0v) is 19.7. The largest absolute Gasteiger partial charge is 0.416 e. The van der Waals surface area contributed by atoms with Gasteiger partial charge in [0.2, 0.25) is 11.8 Å². The molecular weight excluding hydrogens is 531 g/mol. The second-order valence-electron chi connectivity index (χ2n) is 9.43. The molecule has 2 aromatic rings. The molecule has 2 atom stereocenters. The molecule has 2 unspecified atom stereocenters. The van der Waals surface area contributed by atoms with E-state index < -0.39 is 59.5 Å². The molecule has 1 N–H and O–H groups in total. The van der Waals surface area contributed by atoms with Crippen LogP contribution in [0.25, 0.3) is 0 Å². The van der Waals surface area contributed by atoms with Gasteiger partial charge in [0.15, 0.2) is 5.41 Å². The van der Waals surface area contributed by atoms with Crippen LogP contribution >= 0.6 is 0 Å². The van der Waals surface area contributed by atoms with Gasteiger partial charge in [-0.2, -0.15) is 39.5 Å². The van der Waals surface area contributed by atoms with Gasteiger partial charge in [-0.3, -0.25) is 9.59 Å². The lowest BCUT2D eigenvalue weighted by molar-refractivity contribution is -0.191. The van der Waals surface area contributed by atoms with Gasteiger partial charge >= 0.3 is 18.5 Å². The fraction of sp³-hybridized carbons (Fsp3) is 0.440. The molecule has 0 bridgehead atoms. The number of rotatable bonds is 3. The smallest absolute Gasteiger partial charge is 0.350 e. The molecule has 0 radical (unpaired) electrons. The standard InChI is InChI=1S/C25H21F9N2O2/c1-13(37)35-20-4-2-3-14-9-18(5-6-19(14)20)36-8-7-22(21(36)38,25(32,33)34)15-10-16(23(26,27)28)12-17(11-15)24(29,30)31/h5-6,9-12,20H,2-4,7-8H2,1H3,(H,35,37). The average Bonchev–Trinajstić information content (AvgIpc) is 3.15. The number of benzene rings is 2. The minimum absolute atomic E-state index is 0.0327. The topological polar surface area (TPSA) is 49.4 Å². The number of carbonyl (C=O) groups excluding carboxylic acids is 2. The van der Waals surface area contributed by atoms with Gasteiger partial charge in [0.25, 0.3) is 0 Å². The van der Waals surface area contributed by atoms with Gasteiger partial charge in [0.05, 0.1) is 17.2 Å². The van der Waals surface area contributed by atoms with E-state index in [-0.39, 0.29) is 35.8 Å². The summed E-state index contributed by atoms with van der Waals surface area (Å²) in [7, 11) is 0. The Morgan fingerprint density at radius 1 is 0.947 bits per heavy atom. The third-order valence-corrected chi connectivity index (χ3v) is 7.02. The van der Waals surface area contributed by atoms with E-state index in [1.54, 1.807) is 6.07 Å². The van der Waals surface area contributed by atoms with Crippen LogP contribution in [0.4, 0.5) is 45.2 Å². The first-order valence-corrected chi connectivity index (χ1v) is 11.5. The number of nitrogens with zero attached hydrogens (tertiary/aromatic N) is 1. The van der Waals surface area contributed by atoms with Crippen LogP contribution < -0.4 is 10.2 Å². The molecule has 1 heterocycles. The molecule has 1 aliphatic heterocycles. The number of carbonyl (C=O) groups is 2. The highest BCUT2D eigenvalue weighted by Gasteiger charge is 2.66. The zero-order valence-electron chi connectivity index (χ0n) is 19.7. The van der Waals surface area contributed by atoms with E-state index in [2.05, 4.69) is 5.32 Å². The maximum absolute atomic E-state index is 14.5. The van der Waals surface area contributed by atoms with Gasteiger partial charge in [-0.1, -0.05) is 6.07 Å². The third kappa shape index (κ3) is 4.82. The van der Waals surface area contributed by atoms with Crippen molar-refractivity contribution in [3.05, 3.63) is 64.2 Å². The van der Waals surface area contributed by atoms with Crippen LogP contribution in [0, 0.1) is 0 Å². The van der Waals surface area contributed by atoms with Crippen molar-refractivity contribution < 1.29 is 49.1 Å². The Morgan fingerprint density at radius 3 is 2.08 bits per heavy atom. The van der Waals surface area contributed by atoms with Crippen molar-refractivity contribution in [3.8, 4) is 0 Å². The number of nitrogens with one attached hydrogen (secondary N) is 1. The third-order valence-electron chi connectivity index (χ3n) is 7.02. The van der Waals surface area contributed by atoms with Gasteiger partial charge in [-0.15, -0.1) is 0 Å². The number of hydrogen-bond donors (Lipinski definition) is 1. The summed E-state index contributed by atoms with van der Waals surface area (Å²) in [6.07, 6.45) is -15.5. The number of alkyl halides is 9. The maximum Gasteiger partial charge on any atom is 0.416 e. The molecule has 1 saturated heterocycles. The zero-order chi connectivity index (χ0) is 28.3. The fourth-order valence-corrected chi connectivity index (χ4v) is 5.22. The Labute approximate surface area is 210 Å². The molecule has 38 heavy (non-hydrogen) atoms. The lowest BCUT2D eigenvalue weighted by atomic mass is 9.76. The molecule has 2 amide bonds. The van der Waals surface area contributed by atoms with E-state index in [0.717, 1.165) is 10.5 Å². The fourth-order valence-electron chi connectivity index (χ4n) is 5.22. The first-order valence-electron chi connectivity index (χ1n) is 11.5. The first-order chi connectivity index (χ1) is 17.4. The van der Waals surface area contributed by atoms with Crippen molar-refractivity contribution >= 4 is 17.5 Å². The molecule has 4 nitrogen and oxygen atoms in total. The van der Waals surface area contributed by atoms with E-state index in [0.29, 0.717) is 24.8 Å². The SMILES string of the molecule is CC(=O)NC1CCCc2cc(N3CCC(c4cc(C(F)(F)F)cc(C(F)(F)F)c4)(C(F)(F)F)C3=O)ccc21. The molecule has 1 fully saturated rings. The van der Waals surface area contributed by atoms with Crippen LogP contribution in [0.2, 0.25) is 0 Å². The average molecular weight is 552 g/mol. The molecular formula is C25H21F9N2O2. The van der Waals surface area contributed by atoms with Crippen LogP contribution in [0.5, 0.6) is 0 Å². The summed E-state index contributed by atoms with van der Waals surface area (Å²) >= 11 is 0. The number of aryl methyl sites for hydroxylation is 1. The van der Waals surface area contributed by atoms with Crippen LogP contribution in [0.1, 0.15) is 60.0 Å². The second kappa shape index (κ2) is 9.19. The number of hydrogen-bond acceptors (Lipinski definition) is 2. The number of anilines is 1. The predicted octanol–water partition coefficient (Wildman–Crippen LogP) is 6.47. The number of amides is 2. The van der Waals surface area contributed by atoms with Crippen LogP contribution in [0.3, 0.4) is 0 Å². The highest BCUT2D eigenvalue weighted by molar-refractivity contribution is 6.04. The van der Waals surface area contributed by atoms with Crippen LogP contribution in [0.15, 0.2) is 36.4 Å². The summed E-state index contributed by atoms with van der Waals surface area (Å²) in [5.41, 5.74) is -7.47. The van der Waals surface area contributed by atoms with Crippen LogP contribution in [-0.4, -0.2) is 24.5 Å². The van der Waals surface area contributed by atoms with Crippen molar-refractivity contribution in [2.75, 3.05) is 11.4 Å². The number of fused-ring (bicyclic) bond motifs is 1. The van der Waals surface area contributed by atoms with Gasteiger partial charge in [0, 0.05) is 19.2 Å². The van der Waals surface area contributed by atoms with E-state index in [1.165, 1.54) is 19.1 Å². The van der Waals surface area contributed by atoms with E-state index >= 15 is 0 Å². The lowest BCUT2D eigenvalue weighted by Gasteiger charge is -2.32. The summed E-state index contributed by atoms with van der Waals surface area (Å²) in [4.78, 5) is 25.6. The molecule has 2 aliphatic rings. The predicted molar refractivity (Wildman–Crippen MR) is 117 cm³/mol. The van der Waals surface area contributed by atoms with Crippen LogP contribution in [-0.2, 0) is 33.8 Å². The molecule has 2 aromatic carbocycles. The Morgan fingerprint density at radius 2 is 1.55 bits per heavy atom. The quantitative estimate of drug-likeness (QED) is 0.444. The van der Waals surface area contributed by atoms with E-state index in [4.69, 9.17) is 0 Å². The summed E-state index contributed by atoms with van der Waals surface area (Å²) in [6, 6.07) is 3.71. The monoisotopic (exact) mass is 552 g/mol. The molecule has 0 spiro atoms. The summed E-state index contributed by atoms with van der Waals surface area (Å²) in [5.74, 6) is -1.94. The molecule has 1 aliphatic carbocycles. The van der Waals surface area contributed by atoms with Gasteiger partial charge in [-0.25, -0.2) is 0 Å². The number of halogens is 9. The minimum atomic E-state index is -5.49. The highest BCUT2D eigenvalue weighted by Crippen LogP contribution is 2.51. The Balaban J connectivity index is 1.80. The lowest BCUT2D eigenvalue weighted by Crippen LogP contribution is -2.49. The highest BCUT2D eigenvalue weighted by atomic mass is 19.4. The van der Waals surface area contributed by atoms with Gasteiger partial charge < -0.3 is 10.2 Å². The molecule has 4 rings (SSSR count). The molecule has 206 valence electrons. The van der Waals surface area contributed by atoms with Crippen molar-refractivity contribution in [1.82, 2.24) is 5.32 Å². The van der Waals surface area contributed by atoms with Crippen molar-refractivity contribution in [2.24, 2.45) is 0 Å². The summed E-state index contributed by atoms with van der Waals surface area (Å²) in [6.45, 7) is 0.754. The van der Waals surface area contributed by atoms with E-state index in [9.17, 15) is 49.1 Å². The molecule has 0 aromatic heterocycles. The Bertz CT molecular complexity index is 1230. The molecule has 13 heteroatoms. The Kier molecular flexibility index (Phi) is 6.72. The van der Waals surface area contributed by atoms with Crippen molar-refractivity contribution in [3.63, 3.8) is 0 Å². The van der Waals surface area contributed by atoms with Crippen molar-refractivity contribution in [1.29, 1.82) is 0 Å². The maximum atomic E-state index is 14.5. The minimum Gasteiger partial charge on any atom is -0.350 e. The van der Waals surface area contributed by atoms with Gasteiger partial charge in [0.1, 0.15) is 0 Å². The van der Waals surface area contributed by atoms with Gasteiger partial charge in [-0.05, 0) is 72.7 Å². The first kappa shape index (κ1) is 27.8. The summed E-state index contributed by atoms with van der Waals surface area (Å²) < 4.78 is 124. The summed E-state index contributed by atoms with van der Waals surface area (Å²) in [5, 5.41) is 2.77. The van der Waals surface area contributed by atoms with Crippen molar-refractivity contribution in [2.45, 2.75) is 62.6 Å². The normalized spacial score (nSPS) is 22.4. The van der Waals surface area contributed by atoms with E-state index in [1.807, 2.05) is 0 Å². The Hall–Kier alpha value is -3.25. The second-order valence-corrected chi connectivity index (χ2v) is 9.43.